The van der Waals surface area contributed by atoms with Crippen LogP contribution in [0.2, 0.25) is 5.02 Å². The van der Waals surface area contributed by atoms with Gasteiger partial charge in [-0.3, -0.25) is 4.79 Å². The first kappa shape index (κ1) is 29.6. The van der Waals surface area contributed by atoms with Gasteiger partial charge in [0.2, 0.25) is 0 Å². The number of halogens is 4. The van der Waals surface area contributed by atoms with Crippen LogP contribution in [0.3, 0.4) is 0 Å². The monoisotopic (exact) mass is 561 g/mol. The summed E-state index contributed by atoms with van der Waals surface area (Å²) in [4.78, 5) is 24.3. The minimum absolute atomic E-state index is 0.171. The lowest BCUT2D eigenvalue weighted by Gasteiger charge is -2.12. The van der Waals surface area contributed by atoms with Crippen molar-refractivity contribution in [3.63, 3.8) is 0 Å². The van der Waals surface area contributed by atoms with Gasteiger partial charge < -0.3 is 19.1 Å². The Morgan fingerprint density at radius 3 is 2.31 bits per heavy atom. The Balaban J connectivity index is 0.00000205. The van der Waals surface area contributed by atoms with Crippen molar-refractivity contribution in [3.8, 4) is 17.2 Å². The zero-order chi connectivity index (χ0) is 28.7. The molecule has 0 saturated heterocycles. The van der Waals surface area contributed by atoms with Crippen molar-refractivity contribution in [3.05, 3.63) is 88.6 Å². The second kappa shape index (κ2) is 12.7. The van der Waals surface area contributed by atoms with Crippen LogP contribution in [0.15, 0.2) is 66.7 Å². The third-order valence-corrected chi connectivity index (χ3v) is 5.93. The minimum Gasteiger partial charge on any atom is -0.482 e. The average molecular weight is 562 g/mol. The maximum absolute atomic E-state index is 13.4. The standard InChI is InChI=1S/C27H21ClF3NO5.C2H6/c1-16-26(24(33)12-7-17-5-8-18(28)9-6-17)22-11-10-21(37-27(29,30)31)14-23(22)32(16)19-3-2-4-20(13-19)36-15-25(34)35;1-2/h2-6,8-11,13-14H,7,12,15H2,1H3,(H,34,35);1-2H3. The van der Waals surface area contributed by atoms with Crippen LogP contribution in [0.1, 0.15) is 41.9 Å². The molecule has 3 aromatic carbocycles. The van der Waals surface area contributed by atoms with Gasteiger partial charge in [0.15, 0.2) is 12.4 Å². The van der Waals surface area contributed by atoms with E-state index in [1.807, 2.05) is 26.0 Å². The number of ketones is 1. The van der Waals surface area contributed by atoms with E-state index in [4.69, 9.17) is 21.4 Å². The van der Waals surface area contributed by atoms with Crippen molar-refractivity contribution < 1.29 is 37.3 Å². The van der Waals surface area contributed by atoms with Gasteiger partial charge in [-0.15, -0.1) is 13.2 Å². The van der Waals surface area contributed by atoms with Crippen LogP contribution in [-0.2, 0) is 11.2 Å². The van der Waals surface area contributed by atoms with Gasteiger partial charge in [-0.05, 0) is 55.3 Å². The highest BCUT2D eigenvalue weighted by atomic mass is 35.5. The first-order chi connectivity index (χ1) is 18.5. The third kappa shape index (κ3) is 7.54. The van der Waals surface area contributed by atoms with Gasteiger partial charge in [0, 0.05) is 45.9 Å². The number of carbonyl (C=O) groups is 2. The molecule has 0 aliphatic rings. The molecule has 0 bridgehead atoms. The Bertz CT molecular complexity index is 1460. The summed E-state index contributed by atoms with van der Waals surface area (Å²) in [5.41, 5.74) is 2.61. The van der Waals surface area contributed by atoms with Gasteiger partial charge in [0.1, 0.15) is 11.5 Å². The number of hydrogen-bond donors (Lipinski definition) is 1. The lowest BCUT2D eigenvalue weighted by molar-refractivity contribution is -0.274. The predicted molar refractivity (Wildman–Crippen MR) is 143 cm³/mol. The van der Waals surface area contributed by atoms with Crippen molar-refractivity contribution in [2.75, 3.05) is 6.61 Å². The molecule has 1 N–H and O–H groups in total. The summed E-state index contributed by atoms with van der Waals surface area (Å²) >= 11 is 5.93. The van der Waals surface area contributed by atoms with Gasteiger partial charge in [-0.25, -0.2) is 4.79 Å². The average Bonchev–Trinajstić information content (AvgIpc) is 3.18. The van der Waals surface area contributed by atoms with Gasteiger partial charge in [-0.2, -0.15) is 0 Å². The second-order valence-electron chi connectivity index (χ2n) is 8.25. The number of alkyl halides is 3. The number of aliphatic carboxylic acids is 1. The first-order valence-corrected chi connectivity index (χ1v) is 12.5. The maximum atomic E-state index is 13.4. The number of aromatic nitrogens is 1. The van der Waals surface area contributed by atoms with Crippen LogP contribution in [0.25, 0.3) is 16.6 Å². The molecule has 4 aromatic rings. The van der Waals surface area contributed by atoms with Crippen LogP contribution in [0, 0.1) is 6.92 Å². The largest absolute Gasteiger partial charge is 0.573 e. The molecule has 1 heterocycles. The molecular formula is C29H27ClF3NO5. The summed E-state index contributed by atoms with van der Waals surface area (Å²) in [5, 5.41) is 9.95. The molecule has 206 valence electrons. The van der Waals surface area contributed by atoms with Crippen LogP contribution in [0.5, 0.6) is 11.5 Å². The molecular weight excluding hydrogens is 535 g/mol. The van der Waals surface area contributed by atoms with E-state index in [0.717, 1.165) is 5.56 Å². The van der Waals surface area contributed by atoms with Crippen molar-refractivity contribution in [2.45, 2.75) is 40.0 Å². The molecule has 0 atom stereocenters. The smallest absolute Gasteiger partial charge is 0.482 e. The molecule has 0 amide bonds. The molecule has 0 saturated carbocycles. The molecule has 39 heavy (non-hydrogen) atoms. The Morgan fingerprint density at radius 1 is 0.974 bits per heavy atom. The molecule has 0 aliphatic carbocycles. The number of carboxylic acid groups (broad SMARTS) is 1. The van der Waals surface area contributed by atoms with E-state index in [-0.39, 0.29) is 18.0 Å². The Morgan fingerprint density at radius 2 is 1.67 bits per heavy atom. The molecule has 4 rings (SSSR count). The molecule has 1 aromatic heterocycles. The van der Waals surface area contributed by atoms with E-state index in [1.165, 1.54) is 18.2 Å². The van der Waals surface area contributed by atoms with Gasteiger partial charge in [0.05, 0.1) is 5.52 Å². The minimum atomic E-state index is -4.89. The molecule has 0 radical (unpaired) electrons. The number of aryl methyl sites for hydroxylation is 1. The fourth-order valence-corrected chi connectivity index (χ4v) is 4.29. The first-order valence-electron chi connectivity index (χ1n) is 12.2. The van der Waals surface area contributed by atoms with Crippen molar-refractivity contribution in [1.29, 1.82) is 0 Å². The molecule has 0 unspecified atom stereocenters. The van der Waals surface area contributed by atoms with E-state index in [9.17, 15) is 22.8 Å². The van der Waals surface area contributed by atoms with E-state index in [1.54, 1.807) is 47.9 Å². The highest BCUT2D eigenvalue weighted by molar-refractivity contribution is 6.30. The zero-order valence-electron chi connectivity index (χ0n) is 21.5. The van der Waals surface area contributed by atoms with Crippen molar-refractivity contribution in [2.24, 2.45) is 0 Å². The van der Waals surface area contributed by atoms with Gasteiger partial charge >= 0.3 is 12.3 Å². The van der Waals surface area contributed by atoms with Crippen LogP contribution in [-0.4, -0.2) is 34.4 Å². The molecule has 10 heteroatoms. The number of benzene rings is 3. The normalized spacial score (nSPS) is 11.1. The summed E-state index contributed by atoms with van der Waals surface area (Å²) in [5.74, 6) is -1.52. The Hall–Kier alpha value is -3.98. The summed E-state index contributed by atoms with van der Waals surface area (Å²) in [6.45, 7) is 5.14. The molecule has 0 fully saturated rings. The number of carbonyl (C=O) groups excluding carboxylic acids is 1. The van der Waals surface area contributed by atoms with E-state index >= 15 is 0 Å². The quantitative estimate of drug-likeness (QED) is 0.211. The van der Waals surface area contributed by atoms with E-state index in [2.05, 4.69) is 4.74 Å². The maximum Gasteiger partial charge on any atom is 0.573 e. The van der Waals surface area contributed by atoms with Crippen molar-refractivity contribution in [1.82, 2.24) is 4.57 Å². The number of carboxylic acids is 1. The highest BCUT2D eigenvalue weighted by Gasteiger charge is 2.31. The fraction of sp³-hybridized carbons (Fsp3) is 0.241. The summed E-state index contributed by atoms with van der Waals surface area (Å²) < 4.78 is 49.7. The fourth-order valence-electron chi connectivity index (χ4n) is 4.17. The third-order valence-electron chi connectivity index (χ3n) is 5.68. The lowest BCUT2D eigenvalue weighted by Crippen LogP contribution is -2.17. The molecule has 6 nitrogen and oxygen atoms in total. The second-order valence-corrected chi connectivity index (χ2v) is 8.69. The van der Waals surface area contributed by atoms with E-state index < -0.39 is 24.7 Å². The molecule has 0 spiro atoms. The molecule has 0 aliphatic heterocycles. The Labute approximate surface area is 228 Å². The summed E-state index contributed by atoms with van der Waals surface area (Å²) in [6.07, 6.45) is -4.26. The lowest BCUT2D eigenvalue weighted by atomic mass is 10.0. The zero-order valence-corrected chi connectivity index (χ0v) is 22.3. The number of nitrogens with zero attached hydrogens (tertiary/aromatic N) is 1. The number of rotatable bonds is 9. The van der Waals surface area contributed by atoms with Crippen molar-refractivity contribution >= 4 is 34.3 Å². The van der Waals surface area contributed by atoms with Crippen LogP contribution < -0.4 is 9.47 Å². The summed E-state index contributed by atoms with van der Waals surface area (Å²) in [6, 6.07) is 17.4. The number of hydrogen-bond acceptors (Lipinski definition) is 4. The number of Topliss-reactive ketones (excluding diaryl/α,β-unsaturated/α-hetero) is 1. The highest BCUT2D eigenvalue weighted by Crippen LogP contribution is 2.35. The van der Waals surface area contributed by atoms with Gasteiger partial charge in [-0.1, -0.05) is 43.6 Å². The number of ether oxygens (including phenoxy) is 2. The topological polar surface area (TPSA) is 77.8 Å². The summed E-state index contributed by atoms with van der Waals surface area (Å²) in [7, 11) is 0. The van der Waals surface area contributed by atoms with E-state index in [0.29, 0.717) is 39.3 Å². The van der Waals surface area contributed by atoms with Crippen LogP contribution >= 0.6 is 11.6 Å². The Kier molecular flexibility index (Phi) is 9.64. The van der Waals surface area contributed by atoms with Crippen LogP contribution in [0.4, 0.5) is 13.2 Å². The van der Waals surface area contributed by atoms with Gasteiger partial charge in [0.25, 0.3) is 0 Å². The predicted octanol–water partition coefficient (Wildman–Crippen LogP) is 7.80. The number of fused-ring (bicyclic) bond motifs is 1. The SMILES string of the molecule is CC.Cc1c(C(=O)CCc2ccc(Cl)cc2)c2ccc(OC(F)(F)F)cc2n1-c1cccc(OCC(=O)O)c1.